The van der Waals surface area contributed by atoms with Gasteiger partial charge in [-0.15, -0.1) is 11.8 Å². The zero-order valence-electron chi connectivity index (χ0n) is 17.2. The monoisotopic (exact) mass is 411 g/mol. The van der Waals surface area contributed by atoms with Crippen molar-refractivity contribution in [3.8, 4) is 0 Å². The number of nitrogens with one attached hydrogen (secondary N) is 2. The van der Waals surface area contributed by atoms with E-state index in [-0.39, 0.29) is 0 Å². The molecular formula is C23H29N3O2S. The predicted octanol–water partition coefficient (Wildman–Crippen LogP) is 3.87. The van der Waals surface area contributed by atoms with Gasteiger partial charge in [-0.25, -0.2) is 0 Å². The van der Waals surface area contributed by atoms with Crippen molar-refractivity contribution in [2.24, 2.45) is 0 Å². The number of para-hydroxylation sites is 1. The molecule has 1 heterocycles. The second-order valence-corrected chi connectivity index (χ2v) is 8.06. The quantitative estimate of drug-likeness (QED) is 0.536. The number of nitrogens with zero attached hydrogens (tertiary/aromatic N) is 1. The van der Waals surface area contributed by atoms with Crippen LogP contribution >= 0.6 is 11.8 Å². The van der Waals surface area contributed by atoms with E-state index in [1.807, 2.05) is 24.5 Å². The number of carbonyl (C=O) groups excluding carboxylic acids is 2. The number of benzene rings is 2. The van der Waals surface area contributed by atoms with E-state index in [0.717, 1.165) is 30.8 Å². The summed E-state index contributed by atoms with van der Waals surface area (Å²) in [5, 5.41) is 5.42. The molecule has 0 bridgehead atoms. The lowest BCUT2D eigenvalue weighted by atomic mass is 9.98. The van der Waals surface area contributed by atoms with Gasteiger partial charge in [0.25, 0.3) is 0 Å². The van der Waals surface area contributed by atoms with Gasteiger partial charge in [0.15, 0.2) is 0 Å². The number of aryl methyl sites for hydroxylation is 1. The summed E-state index contributed by atoms with van der Waals surface area (Å²) < 4.78 is 0. The first-order valence-electron chi connectivity index (χ1n) is 10.2. The molecule has 0 radical (unpaired) electrons. The van der Waals surface area contributed by atoms with Crippen LogP contribution in [0.15, 0.2) is 47.4 Å². The zero-order chi connectivity index (χ0) is 20.6. The van der Waals surface area contributed by atoms with Gasteiger partial charge in [-0.1, -0.05) is 31.2 Å². The van der Waals surface area contributed by atoms with Crippen LogP contribution in [-0.2, 0) is 22.4 Å². The maximum Gasteiger partial charge on any atom is 0.313 e. The molecule has 0 spiro atoms. The van der Waals surface area contributed by atoms with E-state index in [1.54, 1.807) is 6.07 Å². The van der Waals surface area contributed by atoms with Gasteiger partial charge in [-0.05, 0) is 61.3 Å². The lowest BCUT2D eigenvalue weighted by Gasteiger charge is -2.31. The van der Waals surface area contributed by atoms with Gasteiger partial charge in [0.2, 0.25) is 0 Å². The summed E-state index contributed by atoms with van der Waals surface area (Å²) >= 11 is 1.53. The summed E-state index contributed by atoms with van der Waals surface area (Å²) in [6.45, 7) is 4.87. The molecule has 0 fully saturated rings. The van der Waals surface area contributed by atoms with Crippen molar-refractivity contribution in [2.45, 2.75) is 37.5 Å². The Hall–Kier alpha value is -2.47. The molecule has 0 aliphatic carbocycles. The van der Waals surface area contributed by atoms with E-state index in [2.05, 4.69) is 40.7 Å². The van der Waals surface area contributed by atoms with E-state index in [1.165, 1.54) is 35.0 Å². The number of anilines is 2. The number of hydrogen-bond acceptors (Lipinski definition) is 4. The third-order valence-electron chi connectivity index (χ3n) is 5.11. The molecule has 6 heteroatoms. The van der Waals surface area contributed by atoms with Crippen LogP contribution in [0.2, 0.25) is 0 Å². The number of fused-ring (bicyclic) bond motifs is 1. The smallest absolute Gasteiger partial charge is 0.313 e. The molecule has 2 aromatic rings. The van der Waals surface area contributed by atoms with E-state index in [4.69, 9.17) is 0 Å². The minimum absolute atomic E-state index is 0.438. The molecule has 1 aliphatic heterocycles. The van der Waals surface area contributed by atoms with Crippen LogP contribution in [0.4, 0.5) is 11.4 Å². The molecule has 0 saturated carbocycles. The Kier molecular flexibility index (Phi) is 7.58. The van der Waals surface area contributed by atoms with E-state index in [0.29, 0.717) is 18.7 Å². The number of hydrogen-bond donors (Lipinski definition) is 2. The number of amides is 2. The summed E-state index contributed by atoms with van der Waals surface area (Å²) in [6.07, 6.45) is 6.08. The van der Waals surface area contributed by atoms with Gasteiger partial charge in [-0.2, -0.15) is 0 Å². The summed E-state index contributed by atoms with van der Waals surface area (Å²) in [7, 11) is 0. The molecule has 0 unspecified atom stereocenters. The van der Waals surface area contributed by atoms with Crippen molar-refractivity contribution in [1.82, 2.24) is 5.32 Å². The van der Waals surface area contributed by atoms with Crippen molar-refractivity contribution >= 4 is 35.0 Å². The van der Waals surface area contributed by atoms with Crippen LogP contribution in [0, 0.1) is 0 Å². The van der Waals surface area contributed by atoms with E-state index >= 15 is 0 Å². The average Bonchev–Trinajstić information content (AvgIpc) is 2.74. The Morgan fingerprint density at radius 3 is 2.76 bits per heavy atom. The molecule has 2 amide bonds. The minimum atomic E-state index is -0.632. The largest absolute Gasteiger partial charge is 0.371 e. The Morgan fingerprint density at radius 1 is 1.14 bits per heavy atom. The Morgan fingerprint density at radius 2 is 1.97 bits per heavy atom. The lowest BCUT2D eigenvalue weighted by molar-refractivity contribution is -0.136. The Balaban J connectivity index is 1.52. The van der Waals surface area contributed by atoms with Crippen molar-refractivity contribution in [3.63, 3.8) is 0 Å². The maximum absolute atomic E-state index is 12.2. The molecule has 2 aromatic carbocycles. The Bertz CT molecular complexity index is 869. The van der Waals surface area contributed by atoms with Crippen molar-refractivity contribution in [3.05, 3.63) is 53.6 Å². The number of carbonyl (C=O) groups is 2. The van der Waals surface area contributed by atoms with Crippen LogP contribution in [0.1, 0.15) is 30.9 Å². The van der Waals surface area contributed by atoms with Crippen molar-refractivity contribution in [2.75, 3.05) is 36.1 Å². The maximum atomic E-state index is 12.2. The second-order valence-electron chi connectivity index (χ2n) is 7.21. The highest BCUT2D eigenvalue weighted by Crippen LogP contribution is 2.28. The fourth-order valence-corrected chi connectivity index (χ4v) is 4.27. The predicted molar refractivity (Wildman–Crippen MR) is 121 cm³/mol. The number of thioether (sulfide) groups is 1. The molecule has 154 valence electrons. The number of rotatable bonds is 7. The Labute approximate surface area is 177 Å². The fraction of sp³-hybridized carbons (Fsp3) is 0.391. The highest BCUT2D eigenvalue weighted by Gasteiger charge is 2.17. The SMILES string of the molecule is CCCN1CCCc2cc(CCNC(=O)C(=O)Nc3ccccc3SC)ccc21. The van der Waals surface area contributed by atoms with Gasteiger partial charge in [0.1, 0.15) is 0 Å². The molecule has 29 heavy (non-hydrogen) atoms. The topological polar surface area (TPSA) is 61.4 Å². The highest BCUT2D eigenvalue weighted by atomic mass is 32.2. The van der Waals surface area contributed by atoms with Crippen molar-refractivity contribution < 1.29 is 9.59 Å². The zero-order valence-corrected chi connectivity index (χ0v) is 18.0. The second kappa shape index (κ2) is 10.3. The normalized spacial score (nSPS) is 13.0. The fourth-order valence-electron chi connectivity index (χ4n) is 3.71. The molecule has 0 saturated heterocycles. The average molecular weight is 412 g/mol. The first-order chi connectivity index (χ1) is 14.1. The summed E-state index contributed by atoms with van der Waals surface area (Å²) in [5.41, 5.74) is 4.58. The molecule has 0 atom stereocenters. The van der Waals surface area contributed by atoms with Crippen LogP contribution in [-0.4, -0.2) is 37.7 Å². The molecule has 3 rings (SSSR count). The molecule has 1 aliphatic rings. The summed E-state index contributed by atoms with van der Waals surface area (Å²) in [6, 6.07) is 14.0. The first-order valence-corrected chi connectivity index (χ1v) is 11.4. The van der Waals surface area contributed by atoms with Gasteiger partial charge in [0, 0.05) is 30.2 Å². The summed E-state index contributed by atoms with van der Waals surface area (Å²) in [5.74, 6) is -1.24. The molecular weight excluding hydrogens is 382 g/mol. The summed E-state index contributed by atoms with van der Waals surface area (Å²) in [4.78, 5) is 27.7. The van der Waals surface area contributed by atoms with Crippen LogP contribution in [0.3, 0.4) is 0 Å². The standard InChI is InChI=1S/C23H29N3O2S/c1-3-14-26-15-6-7-18-16-17(10-11-20(18)26)12-13-24-22(27)23(28)25-19-8-4-5-9-21(19)29-2/h4-5,8-11,16H,3,6-7,12-15H2,1-2H3,(H,24,27)(H,25,28). The third-order valence-corrected chi connectivity index (χ3v) is 5.91. The third kappa shape index (κ3) is 5.54. The van der Waals surface area contributed by atoms with Crippen LogP contribution < -0.4 is 15.5 Å². The van der Waals surface area contributed by atoms with E-state index < -0.39 is 11.8 Å². The minimum Gasteiger partial charge on any atom is -0.371 e. The van der Waals surface area contributed by atoms with Gasteiger partial charge >= 0.3 is 11.8 Å². The lowest BCUT2D eigenvalue weighted by Crippen LogP contribution is -2.36. The van der Waals surface area contributed by atoms with Gasteiger partial charge < -0.3 is 15.5 Å². The van der Waals surface area contributed by atoms with Crippen LogP contribution in [0.5, 0.6) is 0 Å². The van der Waals surface area contributed by atoms with Crippen molar-refractivity contribution in [1.29, 1.82) is 0 Å². The first kappa shape index (κ1) is 21.2. The van der Waals surface area contributed by atoms with E-state index in [9.17, 15) is 9.59 Å². The van der Waals surface area contributed by atoms with Gasteiger partial charge in [-0.3, -0.25) is 9.59 Å². The highest BCUT2D eigenvalue weighted by molar-refractivity contribution is 7.98. The molecule has 2 N–H and O–H groups in total. The molecule has 5 nitrogen and oxygen atoms in total. The van der Waals surface area contributed by atoms with Crippen LogP contribution in [0.25, 0.3) is 0 Å². The van der Waals surface area contributed by atoms with Gasteiger partial charge in [0.05, 0.1) is 5.69 Å². The molecule has 0 aromatic heterocycles.